The van der Waals surface area contributed by atoms with Crippen LogP contribution < -0.4 is 0 Å². The number of rotatable bonds is 7. The number of aliphatic hydroxyl groups is 1. The van der Waals surface area contributed by atoms with Crippen molar-refractivity contribution in [1.82, 2.24) is 0 Å². The van der Waals surface area contributed by atoms with Crippen LogP contribution >= 0.6 is 0 Å². The average Bonchev–Trinajstić information content (AvgIpc) is 2.47. The van der Waals surface area contributed by atoms with Crippen molar-refractivity contribution in [3.8, 4) is 0 Å². The van der Waals surface area contributed by atoms with E-state index in [4.69, 9.17) is 9.47 Å². The predicted molar refractivity (Wildman–Crippen MR) is 79.8 cm³/mol. The lowest BCUT2D eigenvalue weighted by Crippen LogP contribution is -2.32. The van der Waals surface area contributed by atoms with Crippen molar-refractivity contribution in [2.75, 3.05) is 13.2 Å². The molecule has 0 bridgehead atoms. The Balaban J connectivity index is 2.02. The summed E-state index contributed by atoms with van der Waals surface area (Å²) in [5.74, 6) is 0. The fraction of sp³-hybridized carbons (Fsp3) is 0.647. The number of fused-ring (bicyclic) bond motifs is 1. The third-order valence-electron chi connectivity index (χ3n) is 3.93. The fourth-order valence-corrected chi connectivity index (χ4v) is 2.93. The van der Waals surface area contributed by atoms with E-state index in [1.54, 1.807) is 0 Å². The molecule has 3 atom stereocenters. The van der Waals surface area contributed by atoms with Crippen LogP contribution in [0.3, 0.4) is 0 Å². The molecule has 1 N–H and O–H groups in total. The van der Waals surface area contributed by atoms with Crippen molar-refractivity contribution in [3.05, 3.63) is 35.4 Å². The number of ether oxygens (including phenoxy) is 2. The highest BCUT2D eigenvalue weighted by Gasteiger charge is 2.27. The van der Waals surface area contributed by atoms with Gasteiger partial charge in [-0.2, -0.15) is 0 Å². The lowest BCUT2D eigenvalue weighted by atomic mass is 9.92. The number of aliphatic hydroxyl groups excluding tert-OH is 1. The molecule has 20 heavy (non-hydrogen) atoms. The molecule has 0 saturated heterocycles. The van der Waals surface area contributed by atoms with Crippen molar-refractivity contribution < 1.29 is 14.6 Å². The molecule has 0 aliphatic carbocycles. The van der Waals surface area contributed by atoms with Crippen LogP contribution in [0.4, 0.5) is 0 Å². The van der Waals surface area contributed by atoms with Gasteiger partial charge in [0.1, 0.15) is 0 Å². The Morgan fingerprint density at radius 1 is 1.35 bits per heavy atom. The standard InChI is InChI=1S/C17H26O3/c1-3-7-16(19-4-2)15(18)12-17-14-9-6-5-8-13(14)10-11-20-17/h5-6,8-9,15-18H,3-4,7,10-12H2,1-2H3. The normalized spacial score (nSPS) is 21.2. The summed E-state index contributed by atoms with van der Waals surface area (Å²) in [5.41, 5.74) is 2.57. The largest absolute Gasteiger partial charge is 0.390 e. The Morgan fingerprint density at radius 3 is 2.90 bits per heavy atom. The molecule has 3 unspecified atom stereocenters. The summed E-state index contributed by atoms with van der Waals surface area (Å²) in [6.45, 7) is 5.47. The summed E-state index contributed by atoms with van der Waals surface area (Å²) >= 11 is 0. The SMILES string of the molecule is CCCC(OCC)C(O)CC1OCCc2ccccc21. The summed E-state index contributed by atoms with van der Waals surface area (Å²) in [6, 6.07) is 8.38. The van der Waals surface area contributed by atoms with Gasteiger partial charge in [0.05, 0.1) is 24.9 Å². The molecule has 3 nitrogen and oxygen atoms in total. The lowest BCUT2D eigenvalue weighted by Gasteiger charge is -2.30. The van der Waals surface area contributed by atoms with E-state index in [-0.39, 0.29) is 12.2 Å². The molecule has 1 aromatic rings. The molecule has 2 rings (SSSR count). The number of hydrogen-bond acceptors (Lipinski definition) is 3. The van der Waals surface area contributed by atoms with Crippen molar-refractivity contribution >= 4 is 0 Å². The van der Waals surface area contributed by atoms with Gasteiger partial charge in [-0.15, -0.1) is 0 Å². The highest BCUT2D eigenvalue weighted by molar-refractivity contribution is 5.30. The molecule has 0 radical (unpaired) electrons. The Morgan fingerprint density at radius 2 is 2.15 bits per heavy atom. The molecule has 0 aromatic heterocycles. The van der Waals surface area contributed by atoms with Crippen molar-refractivity contribution in [3.63, 3.8) is 0 Å². The summed E-state index contributed by atoms with van der Waals surface area (Å²) < 4.78 is 11.5. The smallest absolute Gasteiger partial charge is 0.0853 e. The molecular formula is C17H26O3. The van der Waals surface area contributed by atoms with Gasteiger partial charge in [-0.05, 0) is 30.9 Å². The van der Waals surface area contributed by atoms with Crippen LogP contribution in [-0.2, 0) is 15.9 Å². The minimum atomic E-state index is -0.467. The average molecular weight is 278 g/mol. The van der Waals surface area contributed by atoms with Crippen LogP contribution in [0.5, 0.6) is 0 Å². The van der Waals surface area contributed by atoms with E-state index in [0.29, 0.717) is 13.0 Å². The highest BCUT2D eigenvalue weighted by Crippen LogP contribution is 2.31. The van der Waals surface area contributed by atoms with Gasteiger partial charge in [-0.3, -0.25) is 0 Å². The quantitative estimate of drug-likeness (QED) is 0.832. The minimum absolute atomic E-state index is 0.00485. The van der Waals surface area contributed by atoms with Gasteiger partial charge < -0.3 is 14.6 Å². The van der Waals surface area contributed by atoms with Gasteiger partial charge in [0.2, 0.25) is 0 Å². The monoisotopic (exact) mass is 278 g/mol. The van der Waals surface area contributed by atoms with E-state index < -0.39 is 6.10 Å². The molecule has 3 heteroatoms. The molecule has 1 aliphatic heterocycles. The molecule has 112 valence electrons. The number of hydrogen-bond donors (Lipinski definition) is 1. The van der Waals surface area contributed by atoms with E-state index in [0.717, 1.165) is 25.9 Å². The lowest BCUT2D eigenvalue weighted by molar-refractivity contribution is -0.0691. The minimum Gasteiger partial charge on any atom is -0.390 e. The third kappa shape index (κ3) is 3.81. The fourth-order valence-electron chi connectivity index (χ4n) is 2.93. The van der Waals surface area contributed by atoms with Crippen molar-refractivity contribution in [1.29, 1.82) is 0 Å². The zero-order valence-corrected chi connectivity index (χ0v) is 12.5. The first-order chi connectivity index (χ1) is 9.76. The van der Waals surface area contributed by atoms with E-state index >= 15 is 0 Å². The number of benzene rings is 1. The van der Waals surface area contributed by atoms with Gasteiger partial charge in [0.25, 0.3) is 0 Å². The second-order valence-corrected chi connectivity index (χ2v) is 5.39. The van der Waals surface area contributed by atoms with E-state index in [2.05, 4.69) is 25.1 Å². The maximum Gasteiger partial charge on any atom is 0.0853 e. The topological polar surface area (TPSA) is 38.7 Å². The maximum atomic E-state index is 10.4. The van der Waals surface area contributed by atoms with Crippen LogP contribution in [0.15, 0.2) is 24.3 Å². The Kier molecular flexibility index (Phi) is 6.02. The zero-order valence-electron chi connectivity index (χ0n) is 12.5. The van der Waals surface area contributed by atoms with Gasteiger partial charge in [0.15, 0.2) is 0 Å². The Hall–Kier alpha value is -0.900. The van der Waals surface area contributed by atoms with Crippen molar-refractivity contribution in [2.24, 2.45) is 0 Å². The summed E-state index contributed by atoms with van der Waals surface area (Å²) in [4.78, 5) is 0. The molecular weight excluding hydrogens is 252 g/mol. The second kappa shape index (κ2) is 7.77. The predicted octanol–water partition coefficient (Wildman–Crippen LogP) is 3.26. The van der Waals surface area contributed by atoms with E-state index in [1.807, 2.05) is 13.0 Å². The van der Waals surface area contributed by atoms with Gasteiger partial charge in [-0.1, -0.05) is 37.6 Å². The summed E-state index contributed by atoms with van der Waals surface area (Å²) in [6.07, 6.45) is 2.94. The molecule has 0 amide bonds. The van der Waals surface area contributed by atoms with E-state index in [9.17, 15) is 5.11 Å². The Labute approximate surface area is 121 Å². The molecule has 0 fully saturated rings. The second-order valence-electron chi connectivity index (χ2n) is 5.39. The van der Waals surface area contributed by atoms with Crippen LogP contribution in [-0.4, -0.2) is 30.5 Å². The van der Waals surface area contributed by atoms with E-state index in [1.165, 1.54) is 11.1 Å². The zero-order chi connectivity index (χ0) is 14.4. The summed E-state index contributed by atoms with van der Waals surface area (Å²) in [5, 5.41) is 10.4. The Bertz CT molecular complexity index is 399. The molecule has 1 aromatic carbocycles. The van der Waals surface area contributed by atoms with Crippen LogP contribution in [0.25, 0.3) is 0 Å². The maximum absolute atomic E-state index is 10.4. The van der Waals surface area contributed by atoms with Crippen LogP contribution in [0.2, 0.25) is 0 Å². The third-order valence-corrected chi connectivity index (χ3v) is 3.93. The van der Waals surface area contributed by atoms with Crippen molar-refractivity contribution in [2.45, 2.75) is 57.8 Å². The molecule has 0 spiro atoms. The highest BCUT2D eigenvalue weighted by atomic mass is 16.5. The first-order valence-electron chi connectivity index (χ1n) is 7.75. The van der Waals surface area contributed by atoms with Crippen LogP contribution in [0.1, 0.15) is 50.3 Å². The molecule has 0 saturated carbocycles. The van der Waals surface area contributed by atoms with Gasteiger partial charge >= 0.3 is 0 Å². The van der Waals surface area contributed by atoms with Gasteiger partial charge in [-0.25, -0.2) is 0 Å². The first-order valence-corrected chi connectivity index (χ1v) is 7.75. The van der Waals surface area contributed by atoms with Crippen LogP contribution in [0, 0.1) is 0 Å². The first kappa shape index (κ1) is 15.5. The molecule has 1 aliphatic rings. The molecule has 1 heterocycles. The van der Waals surface area contributed by atoms with Gasteiger partial charge in [0, 0.05) is 13.0 Å². The summed E-state index contributed by atoms with van der Waals surface area (Å²) in [7, 11) is 0.